The van der Waals surface area contributed by atoms with Gasteiger partial charge in [-0.05, 0) is 25.0 Å². The number of anilines is 1. The lowest BCUT2D eigenvalue weighted by Gasteiger charge is -2.31. The predicted molar refractivity (Wildman–Crippen MR) is 87.9 cm³/mol. The van der Waals surface area contributed by atoms with Crippen LogP contribution in [0.5, 0.6) is 0 Å². The zero-order valence-corrected chi connectivity index (χ0v) is 14.2. The van der Waals surface area contributed by atoms with Gasteiger partial charge in [-0.25, -0.2) is 13.4 Å². The smallest absolute Gasteiger partial charge is 0.244 e. The molecule has 2 aliphatic rings. The van der Waals surface area contributed by atoms with Gasteiger partial charge in [0.2, 0.25) is 15.9 Å². The van der Waals surface area contributed by atoms with E-state index in [4.69, 9.17) is 10.5 Å². The Bertz CT molecular complexity index is 678. The first kappa shape index (κ1) is 17.1. The molecule has 0 atom stereocenters. The van der Waals surface area contributed by atoms with E-state index in [0.717, 1.165) is 5.82 Å². The van der Waals surface area contributed by atoms with Gasteiger partial charge in [-0.2, -0.15) is 4.31 Å². The second-order valence-corrected chi connectivity index (χ2v) is 7.97. The van der Waals surface area contributed by atoms with Crippen molar-refractivity contribution in [3.05, 3.63) is 18.3 Å². The van der Waals surface area contributed by atoms with Crippen LogP contribution in [0.4, 0.5) is 5.82 Å². The van der Waals surface area contributed by atoms with E-state index in [1.54, 1.807) is 12.1 Å². The highest BCUT2D eigenvalue weighted by Crippen LogP contribution is 2.23. The minimum atomic E-state index is -3.52. The van der Waals surface area contributed by atoms with Crippen molar-refractivity contribution in [1.29, 1.82) is 0 Å². The van der Waals surface area contributed by atoms with Crippen molar-refractivity contribution >= 4 is 21.7 Å². The molecule has 3 rings (SSSR count). The molecule has 0 bridgehead atoms. The SMILES string of the molecule is NC(=O)C1CCN(c2ccc(S(=O)(=O)N3CCOCC3)cn2)CC1. The normalized spacial score (nSPS) is 20.9. The number of primary amides is 1. The Morgan fingerprint density at radius 3 is 2.38 bits per heavy atom. The summed E-state index contributed by atoms with van der Waals surface area (Å²) in [5.74, 6) is 0.385. The Morgan fingerprint density at radius 1 is 1.17 bits per heavy atom. The maximum absolute atomic E-state index is 12.6. The van der Waals surface area contributed by atoms with E-state index in [2.05, 4.69) is 4.98 Å². The fraction of sp³-hybridized carbons (Fsp3) is 0.600. The number of piperidine rings is 1. The second-order valence-electron chi connectivity index (χ2n) is 6.03. The molecule has 9 heteroatoms. The highest BCUT2D eigenvalue weighted by Gasteiger charge is 2.27. The molecule has 1 amide bonds. The zero-order chi connectivity index (χ0) is 17.2. The predicted octanol–water partition coefficient (Wildman–Crippen LogP) is -0.196. The zero-order valence-electron chi connectivity index (χ0n) is 13.4. The Labute approximate surface area is 141 Å². The van der Waals surface area contributed by atoms with Crippen LogP contribution >= 0.6 is 0 Å². The van der Waals surface area contributed by atoms with Crippen LogP contribution in [0.15, 0.2) is 23.2 Å². The number of morpholine rings is 1. The summed E-state index contributed by atoms with van der Waals surface area (Å²) in [7, 11) is -3.52. The molecule has 2 aliphatic heterocycles. The van der Waals surface area contributed by atoms with Gasteiger partial charge in [0.05, 0.1) is 13.2 Å². The van der Waals surface area contributed by atoms with Crippen molar-refractivity contribution in [2.45, 2.75) is 17.7 Å². The lowest BCUT2D eigenvalue weighted by Crippen LogP contribution is -2.40. The average Bonchev–Trinajstić information content (AvgIpc) is 2.62. The molecule has 0 spiro atoms. The molecule has 1 aromatic heterocycles. The fourth-order valence-electron chi connectivity index (χ4n) is 3.04. The van der Waals surface area contributed by atoms with Crippen LogP contribution in [0, 0.1) is 5.92 Å². The van der Waals surface area contributed by atoms with Crippen molar-refractivity contribution in [2.75, 3.05) is 44.3 Å². The molecule has 2 saturated heterocycles. The number of aromatic nitrogens is 1. The highest BCUT2D eigenvalue weighted by molar-refractivity contribution is 7.89. The van der Waals surface area contributed by atoms with Crippen molar-refractivity contribution in [2.24, 2.45) is 11.7 Å². The maximum Gasteiger partial charge on any atom is 0.244 e. The molecule has 2 fully saturated rings. The number of hydrogen-bond acceptors (Lipinski definition) is 6. The molecule has 2 N–H and O–H groups in total. The quantitative estimate of drug-likeness (QED) is 0.803. The summed E-state index contributed by atoms with van der Waals surface area (Å²) in [5, 5.41) is 0. The van der Waals surface area contributed by atoms with Gasteiger partial charge in [0.15, 0.2) is 0 Å². The second kappa shape index (κ2) is 7.04. The first-order valence-corrected chi connectivity index (χ1v) is 9.51. The van der Waals surface area contributed by atoms with Gasteiger partial charge in [-0.3, -0.25) is 4.79 Å². The Hall–Kier alpha value is -1.71. The number of ether oxygens (including phenoxy) is 1. The third-order valence-corrected chi connectivity index (χ3v) is 6.43. The standard InChI is InChI=1S/C15H22N4O4S/c16-15(20)12-3-5-18(6-4-12)14-2-1-13(11-17-14)24(21,22)19-7-9-23-10-8-19/h1-2,11-12H,3-10H2,(H2,16,20). The number of nitrogens with zero attached hydrogens (tertiary/aromatic N) is 3. The summed E-state index contributed by atoms with van der Waals surface area (Å²) in [4.78, 5) is 17.8. The van der Waals surface area contributed by atoms with E-state index in [0.29, 0.717) is 52.2 Å². The molecular weight excluding hydrogens is 332 g/mol. The first-order chi connectivity index (χ1) is 11.5. The third-order valence-electron chi connectivity index (χ3n) is 4.55. The van der Waals surface area contributed by atoms with Crippen LogP contribution in [0.1, 0.15) is 12.8 Å². The molecule has 8 nitrogen and oxygen atoms in total. The van der Waals surface area contributed by atoms with Gasteiger partial charge >= 0.3 is 0 Å². The van der Waals surface area contributed by atoms with Crippen LogP contribution in [0.25, 0.3) is 0 Å². The van der Waals surface area contributed by atoms with E-state index >= 15 is 0 Å². The van der Waals surface area contributed by atoms with Crippen LogP contribution in [-0.2, 0) is 19.6 Å². The lowest BCUT2D eigenvalue weighted by molar-refractivity contribution is -0.122. The van der Waals surface area contributed by atoms with Crippen molar-refractivity contribution in [3.8, 4) is 0 Å². The maximum atomic E-state index is 12.6. The number of carbonyl (C=O) groups is 1. The van der Waals surface area contributed by atoms with E-state index in [-0.39, 0.29) is 16.7 Å². The first-order valence-electron chi connectivity index (χ1n) is 8.07. The molecule has 0 saturated carbocycles. The van der Waals surface area contributed by atoms with E-state index < -0.39 is 10.0 Å². The van der Waals surface area contributed by atoms with Crippen molar-refractivity contribution < 1.29 is 17.9 Å². The number of pyridine rings is 1. The molecule has 132 valence electrons. The highest BCUT2D eigenvalue weighted by atomic mass is 32.2. The number of rotatable bonds is 4. The third kappa shape index (κ3) is 3.52. The van der Waals surface area contributed by atoms with Crippen LogP contribution in [0.2, 0.25) is 0 Å². The monoisotopic (exact) mass is 354 g/mol. The fourth-order valence-corrected chi connectivity index (χ4v) is 4.40. The summed E-state index contributed by atoms with van der Waals surface area (Å²) in [6.45, 7) is 2.95. The van der Waals surface area contributed by atoms with Crippen LogP contribution < -0.4 is 10.6 Å². The summed E-state index contributed by atoms with van der Waals surface area (Å²) < 4.78 is 31.7. The van der Waals surface area contributed by atoms with Gasteiger partial charge in [0.25, 0.3) is 0 Å². The molecule has 24 heavy (non-hydrogen) atoms. The molecule has 0 unspecified atom stereocenters. The Kier molecular flexibility index (Phi) is 5.02. The number of sulfonamides is 1. The average molecular weight is 354 g/mol. The van der Waals surface area contributed by atoms with Gasteiger partial charge in [-0.15, -0.1) is 0 Å². The number of nitrogens with two attached hydrogens (primary N) is 1. The molecule has 0 aromatic carbocycles. The molecule has 3 heterocycles. The van der Waals surface area contributed by atoms with Gasteiger partial charge in [0, 0.05) is 38.3 Å². The summed E-state index contributed by atoms with van der Waals surface area (Å²) >= 11 is 0. The minimum absolute atomic E-state index is 0.0813. The van der Waals surface area contributed by atoms with E-state index in [9.17, 15) is 13.2 Å². The summed E-state index contributed by atoms with van der Waals surface area (Å²) in [6, 6.07) is 3.31. The molecule has 0 aliphatic carbocycles. The summed E-state index contributed by atoms with van der Waals surface area (Å²) in [5.41, 5.74) is 5.34. The largest absolute Gasteiger partial charge is 0.379 e. The van der Waals surface area contributed by atoms with Crippen LogP contribution in [-0.4, -0.2) is 63.0 Å². The number of carbonyl (C=O) groups excluding carboxylic acids is 1. The van der Waals surface area contributed by atoms with Crippen LogP contribution in [0.3, 0.4) is 0 Å². The lowest BCUT2D eigenvalue weighted by atomic mass is 9.96. The molecular formula is C15H22N4O4S. The number of hydrogen-bond donors (Lipinski definition) is 1. The molecule has 1 aromatic rings. The van der Waals surface area contributed by atoms with E-state index in [1.807, 2.05) is 4.90 Å². The van der Waals surface area contributed by atoms with Gasteiger partial charge in [0.1, 0.15) is 10.7 Å². The van der Waals surface area contributed by atoms with Crippen molar-refractivity contribution in [1.82, 2.24) is 9.29 Å². The topological polar surface area (TPSA) is 106 Å². The summed E-state index contributed by atoms with van der Waals surface area (Å²) in [6.07, 6.45) is 2.80. The Morgan fingerprint density at radius 2 is 1.83 bits per heavy atom. The van der Waals surface area contributed by atoms with E-state index in [1.165, 1.54) is 10.5 Å². The van der Waals surface area contributed by atoms with Crippen molar-refractivity contribution in [3.63, 3.8) is 0 Å². The van der Waals surface area contributed by atoms with Gasteiger partial charge in [-0.1, -0.05) is 0 Å². The minimum Gasteiger partial charge on any atom is -0.379 e. The van der Waals surface area contributed by atoms with Gasteiger partial charge < -0.3 is 15.4 Å². The molecule has 0 radical (unpaired) electrons. The number of amides is 1. The Balaban J connectivity index is 1.68.